The Bertz CT molecular complexity index is 443. The van der Waals surface area contributed by atoms with Gasteiger partial charge < -0.3 is 15.8 Å². The van der Waals surface area contributed by atoms with Gasteiger partial charge in [0.15, 0.2) is 5.82 Å². The fourth-order valence-electron chi connectivity index (χ4n) is 1.48. The molecule has 0 heterocycles. The number of hydrogen-bond donors (Lipinski definition) is 2. The van der Waals surface area contributed by atoms with Crippen LogP contribution in [0.2, 0.25) is 0 Å². The van der Waals surface area contributed by atoms with E-state index in [4.69, 9.17) is 22.7 Å². The van der Waals surface area contributed by atoms with Gasteiger partial charge in [0.2, 0.25) is 0 Å². The van der Waals surface area contributed by atoms with E-state index in [9.17, 15) is 4.39 Å². The Hall–Kier alpha value is -0.720. The van der Waals surface area contributed by atoms with Crippen molar-refractivity contribution in [1.82, 2.24) is 0 Å². The van der Waals surface area contributed by atoms with Crippen LogP contribution in [-0.2, 0) is 4.74 Å². The number of ether oxygens (including phenoxy) is 1. The highest BCUT2D eigenvalue weighted by molar-refractivity contribution is 9.10. The van der Waals surface area contributed by atoms with Gasteiger partial charge in [-0.25, -0.2) is 4.39 Å². The maximum atomic E-state index is 14.0. The van der Waals surface area contributed by atoms with Crippen LogP contribution in [0.4, 0.5) is 10.1 Å². The van der Waals surface area contributed by atoms with E-state index in [1.165, 1.54) is 0 Å². The predicted octanol–water partition coefficient (Wildman–Crippen LogP) is 3.45. The second kappa shape index (κ2) is 8.45. The Morgan fingerprint density at radius 3 is 2.84 bits per heavy atom. The molecule has 6 heteroatoms. The van der Waals surface area contributed by atoms with Gasteiger partial charge in [0.25, 0.3) is 0 Å². The first-order valence-corrected chi connectivity index (χ1v) is 7.37. The maximum absolute atomic E-state index is 14.0. The average molecular weight is 349 g/mol. The Balaban J connectivity index is 2.51. The van der Waals surface area contributed by atoms with E-state index < -0.39 is 0 Å². The van der Waals surface area contributed by atoms with E-state index in [0.29, 0.717) is 24.4 Å². The fraction of sp³-hybridized carbons (Fsp3) is 0.462. The first-order chi connectivity index (χ1) is 9.07. The highest BCUT2D eigenvalue weighted by Crippen LogP contribution is 2.26. The summed E-state index contributed by atoms with van der Waals surface area (Å²) >= 11 is 8.00. The van der Waals surface area contributed by atoms with E-state index in [-0.39, 0.29) is 15.3 Å². The minimum absolute atomic E-state index is 0.167. The normalized spacial score (nSPS) is 10.5. The summed E-state index contributed by atoms with van der Waals surface area (Å²) in [6.07, 6.45) is 2.15. The molecule has 3 N–H and O–H groups in total. The molecule has 0 aliphatic rings. The molecule has 0 radical (unpaired) electrons. The third-order valence-corrected chi connectivity index (χ3v) is 3.55. The van der Waals surface area contributed by atoms with Crippen molar-refractivity contribution in [3.8, 4) is 0 Å². The van der Waals surface area contributed by atoms with Crippen LogP contribution in [0.3, 0.4) is 0 Å². The molecule has 0 aliphatic heterocycles. The topological polar surface area (TPSA) is 47.3 Å². The minimum Gasteiger partial charge on any atom is -0.389 e. The molecular weight excluding hydrogens is 331 g/mol. The SMILES string of the molecule is CCCCOCCNc1ccc(C(N)=S)c(Br)c1F. The smallest absolute Gasteiger partial charge is 0.161 e. The lowest BCUT2D eigenvalue weighted by Gasteiger charge is -2.11. The lowest BCUT2D eigenvalue weighted by atomic mass is 10.2. The van der Waals surface area contributed by atoms with Crippen LogP contribution in [0.1, 0.15) is 25.3 Å². The highest BCUT2D eigenvalue weighted by atomic mass is 79.9. The molecule has 0 spiro atoms. The highest BCUT2D eigenvalue weighted by Gasteiger charge is 2.12. The zero-order chi connectivity index (χ0) is 14.3. The van der Waals surface area contributed by atoms with E-state index in [1.54, 1.807) is 12.1 Å². The van der Waals surface area contributed by atoms with Gasteiger partial charge in [-0.1, -0.05) is 25.6 Å². The van der Waals surface area contributed by atoms with Crippen molar-refractivity contribution in [1.29, 1.82) is 0 Å². The summed E-state index contributed by atoms with van der Waals surface area (Å²) in [7, 11) is 0. The Morgan fingerprint density at radius 2 is 2.21 bits per heavy atom. The van der Waals surface area contributed by atoms with Crippen molar-refractivity contribution in [3.05, 3.63) is 28.0 Å². The number of unbranched alkanes of at least 4 members (excludes halogenated alkanes) is 1. The number of rotatable bonds is 8. The number of nitrogens with one attached hydrogen (secondary N) is 1. The molecule has 0 aromatic heterocycles. The molecule has 1 aromatic rings. The summed E-state index contributed by atoms with van der Waals surface area (Å²) in [5.41, 5.74) is 6.40. The standard InChI is InChI=1S/C13H18BrFN2OS/c1-2-3-7-18-8-6-17-10-5-4-9(13(16)19)11(14)12(10)15/h4-5,17H,2-3,6-8H2,1H3,(H2,16,19). The van der Waals surface area contributed by atoms with Crippen molar-refractivity contribution < 1.29 is 9.13 Å². The third kappa shape index (κ3) is 5.04. The van der Waals surface area contributed by atoms with Crippen LogP contribution in [0.15, 0.2) is 16.6 Å². The number of hydrogen-bond acceptors (Lipinski definition) is 3. The quantitative estimate of drug-likeness (QED) is 0.558. The molecule has 0 amide bonds. The number of benzene rings is 1. The predicted molar refractivity (Wildman–Crippen MR) is 84.2 cm³/mol. The van der Waals surface area contributed by atoms with Crippen molar-refractivity contribution in [2.45, 2.75) is 19.8 Å². The van der Waals surface area contributed by atoms with Gasteiger partial charge in [0.1, 0.15) is 4.99 Å². The molecule has 106 valence electrons. The van der Waals surface area contributed by atoms with Gasteiger partial charge in [0.05, 0.1) is 16.8 Å². The second-order valence-corrected chi connectivity index (χ2v) is 5.28. The Morgan fingerprint density at radius 1 is 1.47 bits per heavy atom. The van der Waals surface area contributed by atoms with Gasteiger partial charge in [-0.3, -0.25) is 0 Å². The van der Waals surface area contributed by atoms with E-state index in [1.807, 2.05) is 0 Å². The van der Waals surface area contributed by atoms with Crippen LogP contribution in [0.5, 0.6) is 0 Å². The molecule has 0 aliphatic carbocycles. The molecule has 0 atom stereocenters. The first kappa shape index (κ1) is 16.3. The Kier molecular flexibility index (Phi) is 7.27. The number of thiocarbonyl (C=S) groups is 1. The molecule has 0 saturated heterocycles. The molecule has 3 nitrogen and oxygen atoms in total. The molecule has 1 rings (SSSR count). The van der Waals surface area contributed by atoms with Crippen LogP contribution in [-0.4, -0.2) is 24.7 Å². The summed E-state index contributed by atoms with van der Waals surface area (Å²) in [6.45, 7) is 3.95. The molecule has 0 unspecified atom stereocenters. The summed E-state index contributed by atoms with van der Waals surface area (Å²) in [6, 6.07) is 3.32. The molecule has 1 aromatic carbocycles. The zero-order valence-electron chi connectivity index (χ0n) is 10.8. The van der Waals surface area contributed by atoms with Crippen molar-refractivity contribution in [2.75, 3.05) is 25.1 Å². The summed E-state index contributed by atoms with van der Waals surface area (Å²) in [4.78, 5) is 0.167. The largest absolute Gasteiger partial charge is 0.389 e. The zero-order valence-corrected chi connectivity index (χ0v) is 13.2. The molecule has 0 bridgehead atoms. The summed E-state index contributed by atoms with van der Waals surface area (Å²) < 4.78 is 19.7. The van der Waals surface area contributed by atoms with Crippen LogP contribution in [0, 0.1) is 5.82 Å². The van der Waals surface area contributed by atoms with Crippen molar-refractivity contribution in [2.24, 2.45) is 5.73 Å². The molecular formula is C13H18BrFN2OS. The van der Waals surface area contributed by atoms with Crippen LogP contribution < -0.4 is 11.1 Å². The lowest BCUT2D eigenvalue weighted by molar-refractivity contribution is 0.141. The number of nitrogens with two attached hydrogens (primary N) is 1. The average Bonchev–Trinajstić information content (AvgIpc) is 2.38. The van der Waals surface area contributed by atoms with Gasteiger partial charge in [-0.15, -0.1) is 0 Å². The first-order valence-electron chi connectivity index (χ1n) is 6.17. The third-order valence-electron chi connectivity index (χ3n) is 2.55. The monoisotopic (exact) mass is 348 g/mol. The second-order valence-electron chi connectivity index (χ2n) is 4.05. The van der Waals surface area contributed by atoms with E-state index in [2.05, 4.69) is 28.2 Å². The molecule has 0 fully saturated rings. The van der Waals surface area contributed by atoms with Crippen molar-refractivity contribution >= 4 is 38.8 Å². The minimum atomic E-state index is -0.390. The maximum Gasteiger partial charge on any atom is 0.161 e. The lowest BCUT2D eigenvalue weighted by Crippen LogP contribution is -2.14. The van der Waals surface area contributed by atoms with Gasteiger partial charge >= 0.3 is 0 Å². The Labute approximate surface area is 126 Å². The van der Waals surface area contributed by atoms with Gasteiger partial charge in [0, 0.05) is 18.7 Å². The molecule has 19 heavy (non-hydrogen) atoms. The molecule has 0 saturated carbocycles. The van der Waals surface area contributed by atoms with Crippen molar-refractivity contribution in [3.63, 3.8) is 0 Å². The van der Waals surface area contributed by atoms with Crippen LogP contribution in [0.25, 0.3) is 0 Å². The van der Waals surface area contributed by atoms with E-state index in [0.717, 1.165) is 19.4 Å². The summed E-state index contributed by atoms with van der Waals surface area (Å²) in [5.74, 6) is -0.390. The van der Waals surface area contributed by atoms with Gasteiger partial charge in [-0.2, -0.15) is 0 Å². The summed E-state index contributed by atoms with van der Waals surface area (Å²) in [5, 5.41) is 2.98. The number of halogens is 2. The van der Waals surface area contributed by atoms with Gasteiger partial charge in [-0.05, 0) is 34.5 Å². The fourth-order valence-corrected chi connectivity index (χ4v) is 2.34. The van der Waals surface area contributed by atoms with E-state index >= 15 is 0 Å². The number of anilines is 1. The van der Waals surface area contributed by atoms with Crippen LogP contribution >= 0.6 is 28.1 Å².